The molecule has 0 spiro atoms. The highest BCUT2D eigenvalue weighted by atomic mass is 32.1. The Labute approximate surface area is 239 Å². The van der Waals surface area contributed by atoms with E-state index in [9.17, 15) is 14.4 Å². The van der Waals surface area contributed by atoms with Crippen LogP contribution in [0.3, 0.4) is 0 Å². The summed E-state index contributed by atoms with van der Waals surface area (Å²) in [5.74, 6) is -1.13. The van der Waals surface area contributed by atoms with Crippen LogP contribution in [0.15, 0.2) is 72.9 Å². The SMILES string of the molecule is COc1ccc2ccc(-c3nn(-c4ccccc4)cc3C(=O)OCC(=O)Nc3sc4c(c3C(N)=O)CCC4)cc2c1. The number of nitrogens with two attached hydrogens (primary N) is 1. The van der Waals surface area contributed by atoms with E-state index in [-0.39, 0.29) is 5.56 Å². The summed E-state index contributed by atoms with van der Waals surface area (Å²) in [4.78, 5) is 39.2. The second-order valence-corrected chi connectivity index (χ2v) is 10.8. The van der Waals surface area contributed by atoms with Gasteiger partial charge >= 0.3 is 5.97 Å². The first kappa shape index (κ1) is 26.3. The minimum absolute atomic E-state index is 0.205. The first-order chi connectivity index (χ1) is 19.9. The molecule has 206 valence electrons. The fourth-order valence-corrected chi connectivity index (χ4v) is 6.38. The number of carbonyl (C=O) groups excluding carboxylic acids is 3. The van der Waals surface area contributed by atoms with Gasteiger partial charge in [0.25, 0.3) is 11.8 Å². The number of benzene rings is 3. The molecular formula is C31H26N4O5S. The third kappa shape index (κ3) is 5.17. The molecule has 5 aromatic rings. The standard InChI is InChI=1S/C31H26N4O5S/c1-39-22-13-12-18-10-11-19(14-20(18)15-22)28-24(16-35(34-28)21-6-3-2-4-7-21)31(38)40-17-26(36)33-30-27(29(32)37)23-8-5-9-25(23)41-30/h2-4,6-7,10-16H,5,8-9,17H2,1H3,(H2,32,37)(H,33,36). The normalized spacial score (nSPS) is 12.2. The zero-order chi connectivity index (χ0) is 28.5. The number of rotatable bonds is 8. The zero-order valence-electron chi connectivity index (χ0n) is 22.2. The van der Waals surface area contributed by atoms with E-state index in [0.717, 1.165) is 46.2 Å². The molecule has 0 aliphatic heterocycles. The topological polar surface area (TPSA) is 126 Å². The van der Waals surface area contributed by atoms with Gasteiger partial charge in [0, 0.05) is 16.6 Å². The fraction of sp³-hybridized carbons (Fsp3) is 0.161. The monoisotopic (exact) mass is 566 g/mol. The summed E-state index contributed by atoms with van der Waals surface area (Å²) in [5, 5.41) is 9.74. The average Bonchev–Trinajstić information content (AvgIpc) is 3.71. The molecule has 0 radical (unpaired) electrons. The number of ether oxygens (including phenoxy) is 2. The summed E-state index contributed by atoms with van der Waals surface area (Å²) in [6.07, 6.45) is 4.15. The summed E-state index contributed by atoms with van der Waals surface area (Å²) >= 11 is 1.34. The highest BCUT2D eigenvalue weighted by molar-refractivity contribution is 7.17. The molecule has 0 fully saturated rings. The van der Waals surface area contributed by atoms with Crippen molar-refractivity contribution in [2.45, 2.75) is 19.3 Å². The first-order valence-corrected chi connectivity index (χ1v) is 13.9. The predicted molar refractivity (Wildman–Crippen MR) is 157 cm³/mol. The number of para-hydroxylation sites is 1. The summed E-state index contributed by atoms with van der Waals surface area (Å²) in [6, 6.07) is 20.9. The number of hydrogen-bond acceptors (Lipinski definition) is 7. The third-order valence-corrected chi connectivity index (χ3v) is 8.24. The van der Waals surface area contributed by atoms with Gasteiger partial charge in [-0.2, -0.15) is 5.10 Å². The molecule has 3 aromatic carbocycles. The molecule has 10 heteroatoms. The molecule has 6 rings (SSSR count). The van der Waals surface area contributed by atoms with Crippen molar-refractivity contribution in [1.82, 2.24) is 9.78 Å². The van der Waals surface area contributed by atoms with Crippen LogP contribution in [0.1, 0.15) is 37.6 Å². The molecule has 2 aromatic heterocycles. The van der Waals surface area contributed by atoms with E-state index in [4.69, 9.17) is 20.3 Å². The van der Waals surface area contributed by atoms with Crippen molar-refractivity contribution in [3.05, 3.63) is 94.5 Å². The Kier molecular flexibility index (Phi) is 6.98. The number of hydrogen-bond donors (Lipinski definition) is 2. The Morgan fingerprint density at radius 2 is 1.83 bits per heavy atom. The van der Waals surface area contributed by atoms with Gasteiger partial charge in [0.15, 0.2) is 6.61 Å². The van der Waals surface area contributed by atoms with Gasteiger partial charge in [-0.25, -0.2) is 9.48 Å². The second kappa shape index (κ2) is 10.9. The van der Waals surface area contributed by atoms with E-state index in [1.54, 1.807) is 18.0 Å². The Balaban J connectivity index is 1.27. The number of amides is 2. The van der Waals surface area contributed by atoms with Gasteiger partial charge in [0.1, 0.15) is 22.0 Å². The first-order valence-electron chi connectivity index (χ1n) is 13.1. The Hall–Kier alpha value is -4.96. The number of fused-ring (bicyclic) bond motifs is 2. The number of anilines is 1. The van der Waals surface area contributed by atoms with E-state index in [2.05, 4.69) is 5.32 Å². The Morgan fingerprint density at radius 1 is 1.02 bits per heavy atom. The van der Waals surface area contributed by atoms with Crippen LogP contribution in [0.25, 0.3) is 27.7 Å². The number of aryl methyl sites for hydroxylation is 1. The van der Waals surface area contributed by atoms with Crippen molar-refractivity contribution < 1.29 is 23.9 Å². The zero-order valence-corrected chi connectivity index (χ0v) is 23.0. The lowest BCUT2D eigenvalue weighted by Gasteiger charge is -2.08. The van der Waals surface area contributed by atoms with Crippen molar-refractivity contribution in [2.75, 3.05) is 19.0 Å². The largest absolute Gasteiger partial charge is 0.497 e. The number of thiophene rings is 1. The van der Waals surface area contributed by atoms with E-state index in [1.807, 2.05) is 66.7 Å². The predicted octanol–water partition coefficient (Wildman–Crippen LogP) is 5.15. The smallest absolute Gasteiger partial charge is 0.342 e. The van der Waals surface area contributed by atoms with Crippen LogP contribution in [0.4, 0.5) is 5.00 Å². The second-order valence-electron chi connectivity index (χ2n) is 9.65. The molecule has 0 saturated carbocycles. The molecule has 3 N–H and O–H groups in total. The van der Waals surface area contributed by atoms with E-state index < -0.39 is 24.4 Å². The summed E-state index contributed by atoms with van der Waals surface area (Å²) in [6.45, 7) is -0.537. The van der Waals surface area contributed by atoms with Gasteiger partial charge in [0.05, 0.1) is 18.4 Å². The maximum absolute atomic E-state index is 13.3. The van der Waals surface area contributed by atoms with Crippen molar-refractivity contribution in [2.24, 2.45) is 5.73 Å². The van der Waals surface area contributed by atoms with Gasteiger partial charge in [-0.15, -0.1) is 11.3 Å². The lowest BCUT2D eigenvalue weighted by molar-refractivity contribution is -0.119. The van der Waals surface area contributed by atoms with Crippen molar-refractivity contribution in [1.29, 1.82) is 0 Å². The van der Waals surface area contributed by atoms with E-state index in [0.29, 0.717) is 27.6 Å². The fourth-order valence-electron chi connectivity index (χ4n) is 5.07. The molecule has 2 amide bonds. The van der Waals surface area contributed by atoms with Gasteiger partial charge in [-0.1, -0.05) is 36.4 Å². The molecule has 1 aliphatic rings. The number of carbonyl (C=O) groups is 3. The van der Waals surface area contributed by atoms with Gasteiger partial charge in [0.2, 0.25) is 0 Å². The van der Waals surface area contributed by atoms with Crippen LogP contribution >= 0.6 is 11.3 Å². The molecular weight excluding hydrogens is 540 g/mol. The van der Waals surface area contributed by atoms with Crippen molar-refractivity contribution in [3.8, 4) is 22.7 Å². The maximum Gasteiger partial charge on any atom is 0.342 e. The number of nitrogens with zero attached hydrogens (tertiary/aromatic N) is 2. The average molecular weight is 567 g/mol. The number of primary amides is 1. The highest BCUT2D eigenvalue weighted by Crippen LogP contribution is 2.39. The maximum atomic E-state index is 13.3. The number of aromatic nitrogens is 2. The lowest BCUT2D eigenvalue weighted by Crippen LogP contribution is -2.22. The molecule has 41 heavy (non-hydrogen) atoms. The van der Waals surface area contributed by atoms with Crippen LogP contribution in [-0.2, 0) is 22.4 Å². The minimum Gasteiger partial charge on any atom is -0.497 e. The van der Waals surface area contributed by atoms with E-state index >= 15 is 0 Å². The molecule has 2 heterocycles. The molecule has 1 aliphatic carbocycles. The molecule has 0 bridgehead atoms. The summed E-state index contributed by atoms with van der Waals surface area (Å²) in [5.41, 5.74) is 8.93. The Bertz CT molecular complexity index is 1810. The van der Waals surface area contributed by atoms with E-state index in [1.165, 1.54) is 11.3 Å². The molecule has 0 saturated heterocycles. The van der Waals surface area contributed by atoms with Gasteiger partial charge in [-0.05, 0) is 65.9 Å². The number of esters is 1. The number of nitrogens with one attached hydrogen (secondary N) is 1. The minimum atomic E-state index is -0.702. The molecule has 9 nitrogen and oxygen atoms in total. The van der Waals surface area contributed by atoms with Crippen LogP contribution < -0.4 is 15.8 Å². The number of methoxy groups -OCH3 is 1. The van der Waals surface area contributed by atoms with Crippen LogP contribution in [-0.4, -0.2) is 41.3 Å². The van der Waals surface area contributed by atoms with Crippen molar-refractivity contribution >= 4 is 44.9 Å². The van der Waals surface area contributed by atoms with Gasteiger partial charge < -0.3 is 20.5 Å². The summed E-state index contributed by atoms with van der Waals surface area (Å²) < 4.78 is 12.4. The quantitative estimate of drug-likeness (QED) is 0.250. The van der Waals surface area contributed by atoms with Crippen molar-refractivity contribution in [3.63, 3.8) is 0 Å². The molecule has 0 unspecified atom stereocenters. The lowest BCUT2D eigenvalue weighted by atomic mass is 10.0. The third-order valence-electron chi connectivity index (χ3n) is 7.03. The van der Waals surface area contributed by atoms with Crippen LogP contribution in [0.5, 0.6) is 5.75 Å². The van der Waals surface area contributed by atoms with Gasteiger partial charge in [-0.3, -0.25) is 9.59 Å². The van der Waals surface area contributed by atoms with Crippen LogP contribution in [0, 0.1) is 0 Å². The highest BCUT2D eigenvalue weighted by Gasteiger charge is 2.27. The Morgan fingerprint density at radius 3 is 2.61 bits per heavy atom. The molecule has 0 atom stereocenters. The van der Waals surface area contributed by atoms with Crippen LogP contribution in [0.2, 0.25) is 0 Å². The summed E-state index contributed by atoms with van der Waals surface area (Å²) in [7, 11) is 1.61.